The zero-order valence-corrected chi connectivity index (χ0v) is 11.3. The summed E-state index contributed by atoms with van der Waals surface area (Å²) in [6.45, 7) is 9.25. The lowest BCUT2D eigenvalue weighted by Crippen LogP contribution is -2.31. The fourth-order valence-electron chi connectivity index (χ4n) is 1.96. The van der Waals surface area contributed by atoms with Crippen molar-refractivity contribution in [3.63, 3.8) is 0 Å². The van der Waals surface area contributed by atoms with E-state index in [1.54, 1.807) is 0 Å². The van der Waals surface area contributed by atoms with E-state index in [0.29, 0.717) is 4.90 Å². The summed E-state index contributed by atoms with van der Waals surface area (Å²) in [5.41, 5.74) is 2.68. The van der Waals surface area contributed by atoms with Crippen molar-refractivity contribution in [1.82, 2.24) is 4.72 Å². The van der Waals surface area contributed by atoms with Crippen molar-refractivity contribution >= 4 is 10.0 Å². The van der Waals surface area contributed by atoms with E-state index in [-0.39, 0.29) is 6.04 Å². The van der Waals surface area contributed by atoms with Gasteiger partial charge in [-0.1, -0.05) is 17.7 Å². The van der Waals surface area contributed by atoms with Crippen LogP contribution in [0.4, 0.5) is 0 Å². The lowest BCUT2D eigenvalue weighted by atomic mass is 10.1. The van der Waals surface area contributed by atoms with Crippen molar-refractivity contribution in [1.29, 1.82) is 0 Å². The molecule has 1 aromatic rings. The first-order valence-corrected chi connectivity index (χ1v) is 6.82. The number of benzene rings is 1. The summed E-state index contributed by atoms with van der Waals surface area (Å²) < 4.78 is 26.8. The maximum Gasteiger partial charge on any atom is 0.241 e. The molecule has 4 heteroatoms. The number of nitrogens with one attached hydrogen (secondary N) is 1. The molecule has 1 N–H and O–H groups in total. The van der Waals surface area contributed by atoms with Gasteiger partial charge in [-0.05, 0) is 45.7 Å². The summed E-state index contributed by atoms with van der Waals surface area (Å²) in [7, 11) is -3.39. The number of hydrogen-bond donors (Lipinski definition) is 1. The van der Waals surface area contributed by atoms with Gasteiger partial charge in [-0.3, -0.25) is 0 Å². The van der Waals surface area contributed by atoms with E-state index in [1.807, 2.05) is 46.8 Å². The third-order valence-corrected chi connectivity index (χ3v) is 4.23. The molecule has 0 aliphatic carbocycles. The Morgan fingerprint density at radius 1 is 1.06 bits per heavy atom. The van der Waals surface area contributed by atoms with Crippen molar-refractivity contribution in [3.8, 4) is 0 Å². The van der Waals surface area contributed by atoms with E-state index in [9.17, 15) is 8.42 Å². The minimum atomic E-state index is -3.39. The Bertz CT molecular complexity index is 467. The van der Waals surface area contributed by atoms with Gasteiger partial charge in [0.1, 0.15) is 0 Å². The van der Waals surface area contributed by atoms with Gasteiger partial charge in [-0.2, -0.15) is 0 Å². The van der Waals surface area contributed by atoms with Crippen molar-refractivity contribution in [2.75, 3.05) is 0 Å². The number of sulfonamides is 1. The van der Waals surface area contributed by atoms with Crippen molar-refractivity contribution in [2.24, 2.45) is 0 Å². The Balaban J connectivity index is 3.34. The molecule has 3 nitrogen and oxygen atoms in total. The molecule has 0 heterocycles. The van der Waals surface area contributed by atoms with E-state index < -0.39 is 10.0 Å². The summed E-state index contributed by atoms with van der Waals surface area (Å²) >= 11 is 0. The summed E-state index contributed by atoms with van der Waals surface area (Å²) in [5.74, 6) is 0. The SMILES string of the molecule is Cc1cc(C)c(S(=O)(=O)NC(C)C)c(C)c1. The molecule has 16 heavy (non-hydrogen) atoms. The van der Waals surface area contributed by atoms with Gasteiger partial charge in [0.25, 0.3) is 0 Å². The van der Waals surface area contributed by atoms with Gasteiger partial charge in [0.05, 0.1) is 4.90 Å². The van der Waals surface area contributed by atoms with Crippen LogP contribution >= 0.6 is 0 Å². The minimum Gasteiger partial charge on any atom is -0.209 e. The summed E-state index contributed by atoms with van der Waals surface area (Å²) in [4.78, 5) is 0.409. The van der Waals surface area contributed by atoms with Gasteiger partial charge < -0.3 is 0 Å². The molecule has 0 aliphatic rings. The van der Waals surface area contributed by atoms with E-state index in [1.165, 1.54) is 0 Å². The normalized spacial score (nSPS) is 12.1. The zero-order chi connectivity index (χ0) is 12.5. The Kier molecular flexibility index (Phi) is 3.76. The second-order valence-corrected chi connectivity index (χ2v) is 6.15. The zero-order valence-electron chi connectivity index (χ0n) is 10.5. The molecule has 0 atom stereocenters. The molecule has 0 spiro atoms. The van der Waals surface area contributed by atoms with Crippen LogP contribution in [-0.2, 0) is 10.0 Å². The maximum absolute atomic E-state index is 12.1. The lowest BCUT2D eigenvalue weighted by molar-refractivity contribution is 0.568. The van der Waals surface area contributed by atoms with Crippen LogP contribution in [0.3, 0.4) is 0 Å². The molecule has 0 bridgehead atoms. The van der Waals surface area contributed by atoms with Gasteiger partial charge in [0.15, 0.2) is 0 Å². The van der Waals surface area contributed by atoms with Crippen LogP contribution in [0.1, 0.15) is 30.5 Å². The summed E-state index contributed by atoms with van der Waals surface area (Å²) in [5, 5.41) is 0. The highest BCUT2D eigenvalue weighted by Crippen LogP contribution is 2.21. The van der Waals surface area contributed by atoms with Crippen LogP contribution in [0.2, 0.25) is 0 Å². The molecule has 0 fully saturated rings. The highest BCUT2D eigenvalue weighted by molar-refractivity contribution is 7.89. The minimum absolute atomic E-state index is 0.0925. The molecule has 90 valence electrons. The molecule has 0 aromatic heterocycles. The molecule has 0 unspecified atom stereocenters. The first-order chi connectivity index (χ1) is 7.24. The lowest BCUT2D eigenvalue weighted by Gasteiger charge is -2.14. The van der Waals surface area contributed by atoms with Crippen LogP contribution in [0.15, 0.2) is 17.0 Å². The first-order valence-electron chi connectivity index (χ1n) is 5.34. The number of hydrogen-bond acceptors (Lipinski definition) is 2. The van der Waals surface area contributed by atoms with Gasteiger partial charge in [-0.15, -0.1) is 0 Å². The highest BCUT2D eigenvalue weighted by Gasteiger charge is 2.20. The average molecular weight is 241 g/mol. The van der Waals surface area contributed by atoms with Crippen molar-refractivity contribution in [2.45, 2.75) is 45.6 Å². The predicted octanol–water partition coefficient (Wildman–Crippen LogP) is 2.30. The van der Waals surface area contributed by atoms with Gasteiger partial charge in [0, 0.05) is 6.04 Å². The van der Waals surface area contributed by atoms with Crippen LogP contribution in [0.5, 0.6) is 0 Å². The molecular weight excluding hydrogens is 222 g/mol. The average Bonchev–Trinajstić information content (AvgIpc) is 1.96. The van der Waals surface area contributed by atoms with Crippen LogP contribution in [0, 0.1) is 20.8 Å². The molecule has 0 amide bonds. The van der Waals surface area contributed by atoms with Crippen LogP contribution in [-0.4, -0.2) is 14.5 Å². The first kappa shape index (κ1) is 13.2. The second kappa shape index (κ2) is 4.55. The molecule has 1 aromatic carbocycles. The molecular formula is C12H19NO2S. The van der Waals surface area contributed by atoms with E-state index in [4.69, 9.17) is 0 Å². The monoisotopic (exact) mass is 241 g/mol. The largest absolute Gasteiger partial charge is 0.241 e. The fraction of sp³-hybridized carbons (Fsp3) is 0.500. The standard InChI is InChI=1S/C12H19NO2S/c1-8(2)13-16(14,15)12-10(4)6-9(3)7-11(12)5/h6-8,13H,1-5H3. The topological polar surface area (TPSA) is 46.2 Å². The Morgan fingerprint density at radius 3 is 1.88 bits per heavy atom. The Hall–Kier alpha value is -0.870. The Labute approximate surface area is 97.9 Å². The molecule has 0 radical (unpaired) electrons. The second-order valence-electron chi connectivity index (χ2n) is 4.50. The third kappa shape index (κ3) is 2.83. The quantitative estimate of drug-likeness (QED) is 0.882. The van der Waals surface area contributed by atoms with Crippen molar-refractivity contribution < 1.29 is 8.42 Å². The molecule has 0 saturated carbocycles. The van der Waals surface area contributed by atoms with E-state index in [0.717, 1.165) is 16.7 Å². The molecule has 0 saturated heterocycles. The molecule has 1 rings (SSSR count). The summed E-state index contributed by atoms with van der Waals surface area (Å²) in [6, 6.07) is 3.69. The van der Waals surface area contributed by atoms with E-state index in [2.05, 4.69) is 4.72 Å². The number of aryl methyl sites for hydroxylation is 3. The van der Waals surface area contributed by atoms with Crippen molar-refractivity contribution in [3.05, 3.63) is 28.8 Å². The highest BCUT2D eigenvalue weighted by atomic mass is 32.2. The van der Waals surface area contributed by atoms with Gasteiger partial charge >= 0.3 is 0 Å². The predicted molar refractivity (Wildman–Crippen MR) is 66.1 cm³/mol. The third-order valence-electron chi connectivity index (χ3n) is 2.26. The maximum atomic E-state index is 12.1. The Morgan fingerprint density at radius 2 is 1.50 bits per heavy atom. The smallest absolute Gasteiger partial charge is 0.209 e. The van der Waals surface area contributed by atoms with Crippen LogP contribution in [0.25, 0.3) is 0 Å². The van der Waals surface area contributed by atoms with Gasteiger partial charge in [0.2, 0.25) is 10.0 Å². The molecule has 0 aliphatic heterocycles. The van der Waals surface area contributed by atoms with E-state index >= 15 is 0 Å². The van der Waals surface area contributed by atoms with Gasteiger partial charge in [-0.25, -0.2) is 13.1 Å². The fourth-order valence-corrected chi connectivity index (χ4v) is 3.66. The summed E-state index contributed by atoms with van der Waals surface area (Å²) in [6.07, 6.45) is 0. The van der Waals surface area contributed by atoms with Crippen LogP contribution < -0.4 is 4.72 Å². The number of rotatable bonds is 3.